The van der Waals surface area contributed by atoms with Gasteiger partial charge in [0.15, 0.2) is 0 Å². The third-order valence-corrected chi connectivity index (χ3v) is 3.07. The molecule has 1 amide bonds. The average Bonchev–Trinajstić information content (AvgIpc) is 2.36. The molecule has 4 nitrogen and oxygen atoms in total. The zero-order chi connectivity index (χ0) is 14.5. The van der Waals surface area contributed by atoms with Crippen molar-refractivity contribution in [1.29, 1.82) is 0 Å². The Labute approximate surface area is 116 Å². The second-order valence-corrected chi connectivity index (χ2v) is 4.77. The number of methoxy groups -OCH3 is 2. The predicted molar refractivity (Wildman–Crippen MR) is 71.0 cm³/mol. The zero-order valence-electron chi connectivity index (χ0n) is 11.1. The first-order chi connectivity index (χ1) is 8.93. The van der Waals surface area contributed by atoms with Crippen LogP contribution in [0.15, 0.2) is 18.2 Å². The van der Waals surface area contributed by atoms with Gasteiger partial charge in [-0.25, -0.2) is 4.39 Å². The molecule has 0 aliphatic carbocycles. The molecule has 0 aromatic heterocycles. The first-order valence-electron chi connectivity index (χ1n) is 5.70. The molecule has 1 rings (SSSR count). The van der Waals surface area contributed by atoms with Gasteiger partial charge in [0.2, 0.25) is 0 Å². The zero-order valence-corrected chi connectivity index (χ0v) is 11.9. The highest BCUT2D eigenvalue weighted by Gasteiger charge is 2.25. The van der Waals surface area contributed by atoms with E-state index < -0.39 is 17.3 Å². The van der Waals surface area contributed by atoms with Crippen LogP contribution in [0.2, 0.25) is 5.02 Å². The number of ether oxygens (including phenoxy) is 2. The van der Waals surface area contributed by atoms with Gasteiger partial charge in [-0.1, -0.05) is 17.7 Å². The molecule has 0 radical (unpaired) electrons. The van der Waals surface area contributed by atoms with Crippen LogP contribution in [0, 0.1) is 5.82 Å². The van der Waals surface area contributed by atoms with Crippen molar-refractivity contribution in [3.63, 3.8) is 0 Å². The Morgan fingerprint density at radius 2 is 2.16 bits per heavy atom. The van der Waals surface area contributed by atoms with Gasteiger partial charge >= 0.3 is 0 Å². The summed E-state index contributed by atoms with van der Waals surface area (Å²) in [6.07, 6.45) is 0. The minimum Gasteiger partial charge on any atom is -0.382 e. The highest BCUT2D eigenvalue weighted by molar-refractivity contribution is 6.33. The first kappa shape index (κ1) is 15.9. The molecule has 0 spiro atoms. The second kappa shape index (κ2) is 6.84. The van der Waals surface area contributed by atoms with Gasteiger partial charge in [-0.2, -0.15) is 0 Å². The van der Waals surface area contributed by atoms with Crippen molar-refractivity contribution >= 4 is 17.5 Å². The van der Waals surface area contributed by atoms with Crippen molar-refractivity contribution in [2.45, 2.75) is 12.5 Å². The number of hydrogen-bond donors (Lipinski definition) is 1. The maximum Gasteiger partial charge on any atom is 0.255 e. The summed E-state index contributed by atoms with van der Waals surface area (Å²) in [6.45, 7) is 2.26. The summed E-state index contributed by atoms with van der Waals surface area (Å²) in [5, 5.41) is 2.66. The molecule has 0 aliphatic rings. The van der Waals surface area contributed by atoms with Crippen molar-refractivity contribution in [1.82, 2.24) is 5.32 Å². The van der Waals surface area contributed by atoms with Crippen molar-refractivity contribution in [2.75, 3.05) is 27.4 Å². The lowest BCUT2D eigenvalue weighted by molar-refractivity contribution is -0.0480. The van der Waals surface area contributed by atoms with Crippen molar-refractivity contribution in [2.24, 2.45) is 0 Å². The Hall–Kier alpha value is -1.17. The number of amides is 1. The minimum atomic E-state index is -0.678. The van der Waals surface area contributed by atoms with E-state index in [0.29, 0.717) is 6.61 Å². The van der Waals surface area contributed by atoms with Crippen LogP contribution in [0.5, 0.6) is 0 Å². The van der Waals surface area contributed by atoms with E-state index in [2.05, 4.69) is 5.32 Å². The molecule has 0 aliphatic heterocycles. The van der Waals surface area contributed by atoms with Crippen LogP contribution in [0.1, 0.15) is 17.3 Å². The highest BCUT2D eigenvalue weighted by Crippen LogP contribution is 2.19. The molecule has 1 N–H and O–H groups in total. The van der Waals surface area contributed by atoms with Crippen LogP contribution in [0.25, 0.3) is 0 Å². The largest absolute Gasteiger partial charge is 0.382 e. The van der Waals surface area contributed by atoms with Gasteiger partial charge in [0, 0.05) is 20.8 Å². The van der Waals surface area contributed by atoms with E-state index in [1.54, 1.807) is 6.92 Å². The Balaban J connectivity index is 2.75. The Morgan fingerprint density at radius 1 is 1.47 bits per heavy atom. The molecule has 6 heteroatoms. The summed E-state index contributed by atoms with van der Waals surface area (Å²) >= 11 is 5.81. The Morgan fingerprint density at radius 3 is 2.68 bits per heavy atom. The van der Waals surface area contributed by atoms with Crippen molar-refractivity contribution in [3.05, 3.63) is 34.6 Å². The standard InChI is InChI=1S/C13H17ClFNO3/c1-13(19-3,8-18-2)7-16-12(17)11-9(14)5-4-6-10(11)15/h4-6H,7-8H2,1-3H3,(H,16,17). The smallest absolute Gasteiger partial charge is 0.255 e. The second-order valence-electron chi connectivity index (χ2n) is 4.37. The van der Waals surface area contributed by atoms with Crippen LogP contribution >= 0.6 is 11.6 Å². The third kappa shape index (κ3) is 4.16. The average molecular weight is 290 g/mol. The Bertz CT molecular complexity index is 435. The number of carbonyl (C=O) groups excluding carboxylic acids is 1. The van der Waals surface area contributed by atoms with Crippen LogP contribution in [-0.2, 0) is 9.47 Å². The number of halogens is 2. The molecule has 0 saturated carbocycles. The number of hydrogen-bond acceptors (Lipinski definition) is 3. The van der Waals surface area contributed by atoms with E-state index >= 15 is 0 Å². The van der Waals surface area contributed by atoms with Gasteiger partial charge in [0.1, 0.15) is 11.4 Å². The molecular formula is C13H17ClFNO3. The van der Waals surface area contributed by atoms with Gasteiger partial charge in [-0.15, -0.1) is 0 Å². The summed E-state index contributed by atoms with van der Waals surface area (Å²) in [6, 6.07) is 4.09. The maximum atomic E-state index is 13.5. The molecule has 19 heavy (non-hydrogen) atoms. The fraction of sp³-hybridized carbons (Fsp3) is 0.462. The normalized spacial score (nSPS) is 13.9. The third-order valence-electron chi connectivity index (χ3n) is 2.76. The summed E-state index contributed by atoms with van der Waals surface area (Å²) in [5.74, 6) is -1.24. The van der Waals surface area contributed by atoms with Gasteiger partial charge < -0.3 is 14.8 Å². The topological polar surface area (TPSA) is 47.6 Å². The van der Waals surface area contributed by atoms with Crippen molar-refractivity contribution < 1.29 is 18.7 Å². The molecule has 1 unspecified atom stereocenters. The molecule has 0 bridgehead atoms. The number of carbonyl (C=O) groups is 1. The molecule has 0 heterocycles. The van der Waals surface area contributed by atoms with Gasteiger partial charge in [-0.05, 0) is 19.1 Å². The van der Waals surface area contributed by atoms with E-state index in [1.165, 1.54) is 32.4 Å². The summed E-state index contributed by atoms with van der Waals surface area (Å²) in [7, 11) is 3.05. The SMILES string of the molecule is COCC(C)(CNC(=O)c1c(F)cccc1Cl)OC. The Kier molecular flexibility index (Phi) is 5.72. The number of nitrogens with one attached hydrogen (secondary N) is 1. The summed E-state index contributed by atoms with van der Waals surface area (Å²) in [5.41, 5.74) is -0.845. The van der Waals surface area contributed by atoms with Crippen molar-refractivity contribution in [3.8, 4) is 0 Å². The number of rotatable bonds is 6. The van der Waals surface area contributed by atoms with E-state index in [9.17, 15) is 9.18 Å². The number of benzene rings is 1. The van der Waals surface area contributed by atoms with E-state index in [0.717, 1.165) is 0 Å². The molecule has 106 valence electrons. The van der Waals surface area contributed by atoms with E-state index in [4.69, 9.17) is 21.1 Å². The molecule has 0 saturated heterocycles. The maximum absolute atomic E-state index is 13.5. The van der Waals surface area contributed by atoms with Gasteiger partial charge in [0.05, 0.1) is 17.2 Å². The quantitative estimate of drug-likeness (QED) is 0.874. The lowest BCUT2D eigenvalue weighted by Crippen LogP contribution is -2.45. The molecule has 1 aromatic rings. The summed E-state index contributed by atoms with van der Waals surface area (Å²) in [4.78, 5) is 11.9. The van der Waals surface area contributed by atoms with E-state index in [-0.39, 0.29) is 17.1 Å². The highest BCUT2D eigenvalue weighted by atomic mass is 35.5. The molecule has 1 atom stereocenters. The lowest BCUT2D eigenvalue weighted by Gasteiger charge is -2.27. The molecule has 1 aromatic carbocycles. The predicted octanol–water partition coefficient (Wildman–Crippen LogP) is 2.26. The van der Waals surface area contributed by atoms with Gasteiger partial charge in [0.25, 0.3) is 5.91 Å². The van der Waals surface area contributed by atoms with E-state index in [1.807, 2.05) is 0 Å². The lowest BCUT2D eigenvalue weighted by atomic mass is 10.1. The van der Waals surface area contributed by atoms with Crippen LogP contribution in [0.3, 0.4) is 0 Å². The summed E-state index contributed by atoms with van der Waals surface area (Å²) < 4.78 is 23.8. The van der Waals surface area contributed by atoms with Crippen LogP contribution < -0.4 is 5.32 Å². The fourth-order valence-electron chi connectivity index (χ4n) is 1.56. The monoisotopic (exact) mass is 289 g/mol. The van der Waals surface area contributed by atoms with Gasteiger partial charge in [-0.3, -0.25) is 4.79 Å². The van der Waals surface area contributed by atoms with Crippen LogP contribution in [-0.4, -0.2) is 38.9 Å². The minimum absolute atomic E-state index is 0.0726. The molecular weight excluding hydrogens is 273 g/mol. The fourth-order valence-corrected chi connectivity index (χ4v) is 1.81. The molecule has 0 fully saturated rings. The first-order valence-corrected chi connectivity index (χ1v) is 6.07. The van der Waals surface area contributed by atoms with Crippen LogP contribution in [0.4, 0.5) is 4.39 Å².